The van der Waals surface area contributed by atoms with E-state index in [1.54, 1.807) is 4.68 Å². The van der Waals surface area contributed by atoms with Gasteiger partial charge in [-0.1, -0.05) is 50.6 Å². The van der Waals surface area contributed by atoms with Crippen molar-refractivity contribution in [1.29, 1.82) is 0 Å². The van der Waals surface area contributed by atoms with Crippen LogP contribution >= 0.6 is 0 Å². The number of hydrogen-bond donors (Lipinski definition) is 2. The molecule has 0 saturated carbocycles. The maximum Gasteiger partial charge on any atom is 0.324 e. The number of carbonyl (C=O) groups is 2. The lowest BCUT2D eigenvalue weighted by Gasteiger charge is -2.31. The van der Waals surface area contributed by atoms with Crippen molar-refractivity contribution in [2.45, 2.75) is 65.2 Å². The van der Waals surface area contributed by atoms with Crippen LogP contribution in [-0.4, -0.2) is 59.2 Å². The van der Waals surface area contributed by atoms with Gasteiger partial charge in [0.15, 0.2) is 5.78 Å². The number of aromatic nitrogens is 2. The van der Waals surface area contributed by atoms with E-state index in [0.717, 1.165) is 68.1 Å². The number of rotatable bonds is 9. The van der Waals surface area contributed by atoms with E-state index in [0.29, 0.717) is 18.3 Å². The fourth-order valence-electron chi connectivity index (χ4n) is 6.53. The van der Waals surface area contributed by atoms with E-state index in [2.05, 4.69) is 72.4 Å². The van der Waals surface area contributed by atoms with E-state index >= 15 is 0 Å². The fourth-order valence-corrected chi connectivity index (χ4v) is 6.53. The molecule has 8 nitrogen and oxygen atoms in total. The molecule has 4 aromatic rings. The molecule has 1 aromatic heterocycles. The molecule has 3 heterocycles. The van der Waals surface area contributed by atoms with Crippen LogP contribution < -0.4 is 15.5 Å². The molecule has 0 atom stereocenters. The van der Waals surface area contributed by atoms with Gasteiger partial charge in [0, 0.05) is 41.5 Å². The van der Waals surface area contributed by atoms with Crippen LogP contribution in [-0.2, 0) is 11.8 Å². The molecule has 2 aliphatic heterocycles. The molecule has 2 N–H and O–H groups in total. The maximum absolute atomic E-state index is 13.1. The fraction of sp³-hybridized carbons (Fsp3) is 0.410. The van der Waals surface area contributed by atoms with Gasteiger partial charge in [0.25, 0.3) is 0 Å². The predicted molar refractivity (Wildman–Crippen MR) is 191 cm³/mol. The molecule has 0 radical (unpaired) electrons. The van der Waals surface area contributed by atoms with Crippen molar-refractivity contribution in [2.24, 2.45) is 5.92 Å². The molecule has 0 bridgehead atoms. The van der Waals surface area contributed by atoms with Gasteiger partial charge in [0.2, 0.25) is 0 Å². The highest BCUT2D eigenvalue weighted by atomic mass is 16.2. The lowest BCUT2D eigenvalue weighted by molar-refractivity contribution is 0.0895. The normalized spacial score (nSPS) is 16.0. The number of Topliss-reactive ketones (excluding diaryl/α,β-unsaturated/α-hetero) is 1. The first-order valence-corrected chi connectivity index (χ1v) is 17.1. The minimum absolute atomic E-state index is 0.160. The Morgan fingerprint density at radius 2 is 1.45 bits per heavy atom. The molecular weight excluding hydrogens is 584 g/mol. The average Bonchev–Trinajstić information content (AvgIpc) is 3.75. The Bertz CT molecular complexity index is 1650. The minimum atomic E-state index is -0.309. The van der Waals surface area contributed by atoms with Crippen LogP contribution in [0.5, 0.6) is 0 Å². The summed E-state index contributed by atoms with van der Waals surface area (Å²) in [6.07, 6.45) is 5.66. The van der Waals surface area contributed by atoms with E-state index in [4.69, 9.17) is 5.10 Å². The van der Waals surface area contributed by atoms with E-state index in [9.17, 15) is 9.59 Å². The number of benzene rings is 3. The Hall–Kier alpha value is -4.43. The zero-order valence-electron chi connectivity index (χ0n) is 28.3. The van der Waals surface area contributed by atoms with Crippen molar-refractivity contribution in [3.8, 4) is 5.69 Å². The number of carbonyl (C=O) groups excluding carboxylic acids is 2. The second-order valence-electron chi connectivity index (χ2n) is 14.3. The molecule has 0 unspecified atom stereocenters. The van der Waals surface area contributed by atoms with E-state index < -0.39 is 0 Å². The minimum Gasteiger partial charge on any atom is -0.372 e. The highest BCUT2D eigenvalue weighted by Crippen LogP contribution is 2.27. The summed E-state index contributed by atoms with van der Waals surface area (Å²) in [5, 5.41) is 10.8. The van der Waals surface area contributed by atoms with Gasteiger partial charge >= 0.3 is 6.03 Å². The molecule has 2 amide bonds. The SMILES string of the molecule is Cc1ccc(-n2nc(C(C)(C)C)cc2NC(=O)Nc2ccc(CC3CCN(CC(=O)c4ccc(N5CCCC5)cc4)CC3)cc2)cc1. The number of amides is 2. The second kappa shape index (κ2) is 14.1. The monoisotopic (exact) mass is 632 g/mol. The van der Waals surface area contributed by atoms with E-state index in [-0.39, 0.29) is 17.2 Å². The number of likely N-dealkylation sites (tertiary alicyclic amines) is 1. The molecule has 3 aromatic carbocycles. The molecule has 2 saturated heterocycles. The van der Waals surface area contributed by atoms with Crippen LogP contribution in [0.15, 0.2) is 78.9 Å². The van der Waals surface area contributed by atoms with Crippen LogP contribution in [0.25, 0.3) is 5.69 Å². The van der Waals surface area contributed by atoms with Crippen molar-refractivity contribution in [3.63, 3.8) is 0 Å². The number of nitrogens with one attached hydrogen (secondary N) is 2. The Labute approximate surface area is 279 Å². The Morgan fingerprint density at radius 1 is 0.809 bits per heavy atom. The summed E-state index contributed by atoms with van der Waals surface area (Å²) < 4.78 is 1.79. The number of piperidine rings is 1. The topological polar surface area (TPSA) is 82.5 Å². The molecule has 0 spiro atoms. The van der Waals surface area contributed by atoms with Gasteiger partial charge in [-0.15, -0.1) is 0 Å². The summed E-state index contributed by atoms with van der Waals surface area (Å²) in [5.41, 5.74) is 6.84. The van der Waals surface area contributed by atoms with Gasteiger partial charge in [-0.05, 0) is 112 Å². The van der Waals surface area contributed by atoms with Gasteiger partial charge in [-0.3, -0.25) is 15.0 Å². The summed E-state index contributed by atoms with van der Waals surface area (Å²) in [6.45, 7) is 13.0. The van der Waals surface area contributed by atoms with E-state index in [1.807, 2.05) is 54.6 Å². The van der Waals surface area contributed by atoms with Crippen LogP contribution in [0.2, 0.25) is 0 Å². The Morgan fingerprint density at radius 3 is 2.09 bits per heavy atom. The first-order valence-electron chi connectivity index (χ1n) is 17.1. The van der Waals surface area contributed by atoms with Crippen LogP contribution in [0.1, 0.15) is 73.6 Å². The number of ketones is 1. The summed E-state index contributed by atoms with van der Waals surface area (Å²) in [4.78, 5) is 30.7. The molecule has 0 aliphatic carbocycles. The Balaban J connectivity index is 0.977. The number of urea groups is 1. The molecule has 47 heavy (non-hydrogen) atoms. The molecular formula is C39H48N6O2. The number of nitrogens with zero attached hydrogens (tertiary/aromatic N) is 4. The van der Waals surface area contributed by atoms with Crippen LogP contribution in [0, 0.1) is 12.8 Å². The summed E-state index contributed by atoms with van der Waals surface area (Å²) in [6, 6.07) is 26.1. The van der Waals surface area contributed by atoms with Crippen molar-refractivity contribution in [1.82, 2.24) is 14.7 Å². The molecule has 2 aliphatic rings. The largest absolute Gasteiger partial charge is 0.372 e. The second-order valence-corrected chi connectivity index (χ2v) is 14.3. The number of aryl methyl sites for hydroxylation is 1. The quantitative estimate of drug-likeness (QED) is 0.184. The zero-order valence-corrected chi connectivity index (χ0v) is 28.3. The zero-order chi connectivity index (χ0) is 33.0. The van der Waals surface area contributed by atoms with Crippen LogP contribution in [0.4, 0.5) is 22.0 Å². The van der Waals surface area contributed by atoms with Gasteiger partial charge in [0.05, 0.1) is 17.9 Å². The highest BCUT2D eigenvalue weighted by molar-refractivity contribution is 5.99. The lowest BCUT2D eigenvalue weighted by atomic mass is 9.90. The first kappa shape index (κ1) is 32.5. The average molecular weight is 633 g/mol. The van der Waals surface area contributed by atoms with Gasteiger partial charge in [-0.25, -0.2) is 9.48 Å². The number of anilines is 3. The third kappa shape index (κ3) is 8.30. The number of hydrogen-bond acceptors (Lipinski definition) is 5. The smallest absolute Gasteiger partial charge is 0.324 e. The predicted octanol–water partition coefficient (Wildman–Crippen LogP) is 7.86. The lowest BCUT2D eigenvalue weighted by Crippen LogP contribution is -2.37. The standard InChI is InChI=1S/C39H48N6O2/c1-28-7-15-34(16-8-28)45-37(26-36(42-45)39(2,3)4)41-38(47)40-32-13-9-29(10-14-32)25-30-19-23-43(24-20-30)27-35(46)31-11-17-33(18-12-31)44-21-5-6-22-44/h7-18,26,30H,5-6,19-25,27H2,1-4H3,(H2,40,41,47). The molecule has 2 fully saturated rings. The van der Waals surface area contributed by atoms with Gasteiger partial charge in [0.1, 0.15) is 5.82 Å². The highest BCUT2D eigenvalue weighted by Gasteiger charge is 2.23. The van der Waals surface area contributed by atoms with Crippen molar-refractivity contribution < 1.29 is 9.59 Å². The summed E-state index contributed by atoms with van der Waals surface area (Å²) >= 11 is 0. The third-order valence-corrected chi connectivity index (χ3v) is 9.47. The summed E-state index contributed by atoms with van der Waals surface area (Å²) in [5.74, 6) is 1.41. The molecule has 6 rings (SSSR count). The third-order valence-electron chi connectivity index (χ3n) is 9.47. The Kier molecular flexibility index (Phi) is 9.78. The van der Waals surface area contributed by atoms with Gasteiger partial charge in [-0.2, -0.15) is 5.10 Å². The van der Waals surface area contributed by atoms with Crippen molar-refractivity contribution in [2.75, 3.05) is 48.3 Å². The first-order chi connectivity index (χ1) is 22.6. The maximum atomic E-state index is 13.1. The van der Waals surface area contributed by atoms with E-state index in [1.165, 1.54) is 29.7 Å². The van der Waals surface area contributed by atoms with Crippen molar-refractivity contribution >= 4 is 29.0 Å². The van der Waals surface area contributed by atoms with Crippen molar-refractivity contribution in [3.05, 3.63) is 101 Å². The molecule has 8 heteroatoms. The van der Waals surface area contributed by atoms with Crippen LogP contribution in [0.3, 0.4) is 0 Å². The summed E-state index contributed by atoms with van der Waals surface area (Å²) in [7, 11) is 0. The van der Waals surface area contributed by atoms with Gasteiger partial charge < -0.3 is 10.2 Å². The molecule has 246 valence electrons.